The third kappa shape index (κ3) is 6.04. The quantitative estimate of drug-likeness (QED) is 0.746. The standard InChI is InChI=1S/C6H9N3O2.3ClH/c7-5(6(10)11)1-4-2-8-3-9-4;;;/h2-3,5H,1,7H2,(H,8,9)(H,10,11);3*1H/t5-;;;/m1.../s1. The van der Waals surface area contributed by atoms with E-state index in [4.69, 9.17) is 10.8 Å². The number of rotatable bonds is 3. The van der Waals surface area contributed by atoms with Crippen LogP contribution in [0.2, 0.25) is 0 Å². The summed E-state index contributed by atoms with van der Waals surface area (Å²) >= 11 is 0. The number of H-pyrrole nitrogens is 1. The third-order valence-corrected chi connectivity index (χ3v) is 1.31. The van der Waals surface area contributed by atoms with Crippen molar-refractivity contribution < 1.29 is 9.90 Å². The molecular weight excluding hydrogens is 252 g/mol. The van der Waals surface area contributed by atoms with Gasteiger partial charge in [0.25, 0.3) is 0 Å². The lowest BCUT2D eigenvalue weighted by atomic mass is 10.2. The molecule has 4 N–H and O–H groups in total. The van der Waals surface area contributed by atoms with Crippen LogP contribution >= 0.6 is 37.2 Å². The number of halogens is 3. The van der Waals surface area contributed by atoms with E-state index in [1.54, 1.807) is 6.20 Å². The predicted molar refractivity (Wildman–Crippen MR) is 59.6 cm³/mol. The fourth-order valence-electron chi connectivity index (χ4n) is 0.721. The highest BCUT2D eigenvalue weighted by Gasteiger charge is 2.11. The number of hydrogen-bond acceptors (Lipinski definition) is 3. The summed E-state index contributed by atoms with van der Waals surface area (Å²) in [6.45, 7) is 0. The molecule has 1 atom stereocenters. The zero-order valence-corrected chi connectivity index (χ0v) is 9.49. The summed E-state index contributed by atoms with van der Waals surface area (Å²) in [6, 6.07) is -0.851. The summed E-state index contributed by atoms with van der Waals surface area (Å²) in [6.07, 6.45) is 3.34. The molecule has 84 valence electrons. The van der Waals surface area contributed by atoms with E-state index >= 15 is 0 Å². The van der Waals surface area contributed by atoms with Gasteiger partial charge in [-0.3, -0.25) is 4.79 Å². The van der Waals surface area contributed by atoms with Gasteiger partial charge in [-0.2, -0.15) is 0 Å². The molecule has 0 aliphatic rings. The van der Waals surface area contributed by atoms with Crippen LogP contribution in [0, 0.1) is 0 Å². The average molecular weight is 265 g/mol. The van der Waals surface area contributed by atoms with Gasteiger partial charge in [-0.05, 0) is 0 Å². The first-order valence-corrected chi connectivity index (χ1v) is 3.16. The summed E-state index contributed by atoms with van der Waals surface area (Å²) < 4.78 is 0. The Morgan fingerprint density at radius 1 is 1.57 bits per heavy atom. The molecule has 0 aromatic carbocycles. The van der Waals surface area contributed by atoms with Crippen molar-refractivity contribution in [1.82, 2.24) is 9.97 Å². The highest BCUT2D eigenvalue weighted by Crippen LogP contribution is 1.95. The SMILES string of the molecule is Cl.Cl.Cl.N[C@H](Cc1cnc[nH]1)C(=O)O. The minimum absolute atomic E-state index is 0. The van der Waals surface area contributed by atoms with Crippen LogP contribution in [0.5, 0.6) is 0 Å². The smallest absolute Gasteiger partial charge is 0.320 e. The molecule has 0 radical (unpaired) electrons. The van der Waals surface area contributed by atoms with Gasteiger partial charge in [0.2, 0.25) is 0 Å². The Labute approximate surface area is 99.7 Å². The van der Waals surface area contributed by atoms with Gasteiger partial charge in [0.1, 0.15) is 6.04 Å². The molecule has 0 unspecified atom stereocenters. The Morgan fingerprint density at radius 3 is 2.50 bits per heavy atom. The maximum Gasteiger partial charge on any atom is 0.320 e. The maximum absolute atomic E-state index is 10.3. The molecule has 0 fully saturated rings. The van der Waals surface area contributed by atoms with Crippen LogP contribution in [0.15, 0.2) is 12.5 Å². The maximum atomic E-state index is 10.3. The zero-order chi connectivity index (χ0) is 8.27. The van der Waals surface area contributed by atoms with Crippen LogP contribution < -0.4 is 5.73 Å². The summed E-state index contributed by atoms with van der Waals surface area (Å²) in [5.41, 5.74) is 6.00. The van der Waals surface area contributed by atoms with Gasteiger partial charge in [0.15, 0.2) is 0 Å². The topological polar surface area (TPSA) is 92.0 Å². The van der Waals surface area contributed by atoms with Crippen molar-refractivity contribution in [3.63, 3.8) is 0 Å². The molecule has 0 amide bonds. The number of nitrogens with two attached hydrogens (primary N) is 1. The van der Waals surface area contributed by atoms with Crippen molar-refractivity contribution in [2.75, 3.05) is 0 Å². The van der Waals surface area contributed by atoms with Gasteiger partial charge < -0.3 is 15.8 Å². The van der Waals surface area contributed by atoms with Crippen molar-refractivity contribution in [3.05, 3.63) is 18.2 Å². The first kappa shape index (κ1) is 19.1. The van der Waals surface area contributed by atoms with Crippen LogP contribution in [-0.4, -0.2) is 27.1 Å². The normalized spacial score (nSPS) is 10.1. The lowest BCUT2D eigenvalue weighted by Gasteiger charge is -2.02. The first-order chi connectivity index (χ1) is 5.20. The Kier molecular flexibility index (Phi) is 12.4. The van der Waals surface area contributed by atoms with Crippen LogP contribution in [0.1, 0.15) is 5.69 Å². The molecule has 0 aliphatic heterocycles. The van der Waals surface area contributed by atoms with Crippen LogP contribution in [0.25, 0.3) is 0 Å². The molecule has 0 aliphatic carbocycles. The van der Waals surface area contributed by atoms with E-state index in [1.165, 1.54) is 6.33 Å². The van der Waals surface area contributed by atoms with Crippen molar-refractivity contribution >= 4 is 43.2 Å². The minimum Gasteiger partial charge on any atom is -0.480 e. The van der Waals surface area contributed by atoms with Crippen LogP contribution in [0.3, 0.4) is 0 Å². The highest BCUT2D eigenvalue weighted by atomic mass is 35.5. The molecule has 8 heteroatoms. The van der Waals surface area contributed by atoms with E-state index in [1.807, 2.05) is 0 Å². The summed E-state index contributed by atoms with van der Waals surface area (Å²) in [5, 5.41) is 8.42. The Morgan fingerprint density at radius 2 is 2.14 bits per heavy atom. The number of nitrogens with zero attached hydrogens (tertiary/aromatic N) is 1. The van der Waals surface area contributed by atoms with Gasteiger partial charge in [0, 0.05) is 18.3 Å². The van der Waals surface area contributed by atoms with E-state index < -0.39 is 12.0 Å². The second kappa shape index (κ2) is 9.08. The molecule has 0 bridgehead atoms. The monoisotopic (exact) mass is 263 g/mol. The molecular formula is C6H12Cl3N3O2. The Bertz CT molecular complexity index is 242. The third-order valence-electron chi connectivity index (χ3n) is 1.31. The fourth-order valence-corrected chi connectivity index (χ4v) is 0.721. The van der Waals surface area contributed by atoms with Gasteiger partial charge in [-0.25, -0.2) is 4.98 Å². The number of aromatic nitrogens is 2. The number of imidazole rings is 1. The molecule has 14 heavy (non-hydrogen) atoms. The molecule has 0 spiro atoms. The summed E-state index contributed by atoms with van der Waals surface area (Å²) in [7, 11) is 0. The molecule has 1 aromatic rings. The number of nitrogens with one attached hydrogen (secondary N) is 1. The number of aliphatic carboxylic acids is 1. The number of hydrogen-bond donors (Lipinski definition) is 3. The van der Waals surface area contributed by atoms with E-state index in [-0.39, 0.29) is 43.6 Å². The Balaban J connectivity index is -0.000000403. The zero-order valence-electron chi connectivity index (χ0n) is 7.04. The van der Waals surface area contributed by atoms with E-state index in [9.17, 15) is 4.79 Å². The Hall–Kier alpha value is -0.490. The lowest BCUT2D eigenvalue weighted by Crippen LogP contribution is -2.32. The van der Waals surface area contributed by atoms with Gasteiger partial charge in [-0.1, -0.05) is 0 Å². The fraction of sp³-hybridized carbons (Fsp3) is 0.333. The van der Waals surface area contributed by atoms with Gasteiger partial charge in [0.05, 0.1) is 6.33 Å². The van der Waals surface area contributed by atoms with Crippen LogP contribution in [-0.2, 0) is 11.2 Å². The molecule has 1 heterocycles. The number of carboxylic acids is 1. The van der Waals surface area contributed by atoms with Crippen molar-refractivity contribution in [3.8, 4) is 0 Å². The highest BCUT2D eigenvalue weighted by molar-refractivity contribution is 5.86. The lowest BCUT2D eigenvalue weighted by molar-refractivity contribution is -0.138. The second-order valence-electron chi connectivity index (χ2n) is 2.23. The first-order valence-electron chi connectivity index (χ1n) is 3.16. The van der Waals surface area contributed by atoms with Gasteiger partial charge in [-0.15, -0.1) is 37.2 Å². The average Bonchev–Trinajstić information content (AvgIpc) is 2.39. The van der Waals surface area contributed by atoms with E-state index in [0.29, 0.717) is 0 Å². The molecule has 1 aromatic heterocycles. The van der Waals surface area contributed by atoms with Crippen molar-refractivity contribution in [1.29, 1.82) is 0 Å². The number of carboxylic acid groups (broad SMARTS) is 1. The number of carbonyl (C=O) groups is 1. The van der Waals surface area contributed by atoms with Crippen molar-refractivity contribution in [2.24, 2.45) is 5.73 Å². The second-order valence-corrected chi connectivity index (χ2v) is 2.23. The van der Waals surface area contributed by atoms with E-state index in [0.717, 1.165) is 5.69 Å². The minimum atomic E-state index is -1.00. The summed E-state index contributed by atoms with van der Waals surface area (Å²) in [4.78, 5) is 16.8. The molecule has 0 saturated carbocycles. The van der Waals surface area contributed by atoms with Crippen molar-refractivity contribution in [2.45, 2.75) is 12.5 Å². The van der Waals surface area contributed by atoms with Gasteiger partial charge >= 0.3 is 5.97 Å². The number of aromatic amines is 1. The summed E-state index contributed by atoms with van der Waals surface area (Å²) in [5.74, 6) is -1.00. The largest absolute Gasteiger partial charge is 0.480 e. The molecule has 0 saturated heterocycles. The molecule has 5 nitrogen and oxygen atoms in total. The van der Waals surface area contributed by atoms with Crippen LogP contribution in [0.4, 0.5) is 0 Å². The predicted octanol–water partition coefficient (Wildman–Crippen LogP) is 0.629. The molecule has 1 rings (SSSR count). The van der Waals surface area contributed by atoms with E-state index in [2.05, 4.69) is 9.97 Å².